The number of benzene rings is 1. The van der Waals surface area contributed by atoms with Crippen LogP contribution < -0.4 is 0 Å². The molecule has 1 aromatic heterocycles. The average Bonchev–Trinajstić information content (AvgIpc) is 3.65. The standard InChI is InChI=1S/C40H51NO4S/c1-25-5-4-13-38(3)34(32-10-8-27(18-31(42)9-6-25)19-33(32)36(43)35-11-7-26(2)46-35)12-14-40(38)24-41(37(44)45-40)23-39-20-28-15-29(21-39)17-30(16-28)22-39/h5,7-8,10-11,19,28-31,34,42H,4,6,9,12-18,20-24H2,1-3H3/t28?,29?,30?,31-,34-,38-,39?,40+/m0/s1. The molecule has 246 valence electrons. The quantitative estimate of drug-likeness (QED) is 0.267. The number of ketones is 1. The van der Waals surface area contributed by atoms with E-state index in [0.717, 1.165) is 82.8 Å². The Morgan fingerprint density at radius 2 is 1.76 bits per heavy atom. The minimum Gasteiger partial charge on any atom is -0.440 e. The number of carbonyl (C=O) groups excluding carboxylic acids is 2. The van der Waals surface area contributed by atoms with Gasteiger partial charge in [0.2, 0.25) is 5.78 Å². The first-order chi connectivity index (χ1) is 22.0. The van der Waals surface area contributed by atoms with E-state index in [1.54, 1.807) is 11.3 Å². The minimum absolute atomic E-state index is 0.0717. The number of nitrogens with zero attached hydrogens (tertiary/aromatic N) is 1. The molecule has 2 heterocycles. The van der Waals surface area contributed by atoms with E-state index in [1.165, 1.54) is 44.1 Å². The van der Waals surface area contributed by atoms with E-state index in [0.29, 0.717) is 19.4 Å². The fraction of sp³-hybridized carbons (Fsp3) is 0.650. The molecule has 46 heavy (non-hydrogen) atoms. The zero-order chi connectivity index (χ0) is 31.8. The van der Waals surface area contributed by atoms with E-state index >= 15 is 0 Å². The zero-order valence-electron chi connectivity index (χ0n) is 28.0. The van der Waals surface area contributed by atoms with Crippen molar-refractivity contribution in [2.45, 2.75) is 122 Å². The van der Waals surface area contributed by atoms with Crippen LogP contribution in [-0.4, -0.2) is 46.7 Å². The van der Waals surface area contributed by atoms with Gasteiger partial charge in [0, 0.05) is 22.4 Å². The molecule has 1 saturated heterocycles. The summed E-state index contributed by atoms with van der Waals surface area (Å²) in [5, 5.41) is 10.9. The lowest BCUT2D eigenvalue weighted by molar-refractivity contribution is -0.0641. The normalized spacial score (nSPS) is 38.6. The van der Waals surface area contributed by atoms with Crippen molar-refractivity contribution in [3.05, 3.63) is 68.4 Å². The Bertz CT molecular complexity index is 1540. The summed E-state index contributed by atoms with van der Waals surface area (Å²) in [6, 6.07) is 10.4. The van der Waals surface area contributed by atoms with Gasteiger partial charge in [-0.1, -0.05) is 30.7 Å². The van der Waals surface area contributed by atoms with Crippen LogP contribution in [0, 0.1) is 35.5 Å². The van der Waals surface area contributed by atoms with Gasteiger partial charge in [0.05, 0.1) is 17.5 Å². The monoisotopic (exact) mass is 641 g/mol. The highest BCUT2D eigenvalue weighted by Gasteiger charge is 2.65. The molecule has 0 unspecified atom stereocenters. The van der Waals surface area contributed by atoms with Crippen molar-refractivity contribution >= 4 is 23.2 Å². The number of ether oxygens (including phenoxy) is 1. The smallest absolute Gasteiger partial charge is 0.410 e. The Kier molecular flexibility index (Phi) is 7.60. The van der Waals surface area contributed by atoms with Gasteiger partial charge in [-0.05, 0) is 156 Å². The van der Waals surface area contributed by atoms with Crippen LogP contribution in [0.1, 0.15) is 128 Å². The fourth-order valence-electron chi connectivity index (χ4n) is 11.7. The van der Waals surface area contributed by atoms with Crippen LogP contribution in [0.25, 0.3) is 0 Å². The van der Waals surface area contributed by atoms with Gasteiger partial charge in [-0.25, -0.2) is 4.79 Å². The van der Waals surface area contributed by atoms with Crippen molar-refractivity contribution in [1.29, 1.82) is 0 Å². The summed E-state index contributed by atoms with van der Waals surface area (Å²) >= 11 is 1.55. The van der Waals surface area contributed by atoms with E-state index in [-0.39, 0.29) is 28.6 Å². The van der Waals surface area contributed by atoms with Crippen LogP contribution in [0.5, 0.6) is 0 Å². The number of carbonyl (C=O) groups is 2. The van der Waals surface area contributed by atoms with E-state index in [4.69, 9.17) is 4.74 Å². The molecule has 10 rings (SSSR count). The molecule has 6 heteroatoms. The Labute approximate surface area is 278 Å². The Morgan fingerprint density at radius 1 is 1.02 bits per heavy atom. The van der Waals surface area contributed by atoms with Gasteiger partial charge in [-0.3, -0.25) is 4.79 Å². The predicted molar refractivity (Wildman–Crippen MR) is 182 cm³/mol. The second-order valence-corrected chi connectivity index (χ2v) is 18.1. The molecule has 1 N–H and O–H groups in total. The molecule has 6 fully saturated rings. The number of aliphatic hydroxyl groups excluding tert-OH is 1. The first-order valence-electron chi connectivity index (χ1n) is 18.1. The Hall–Kier alpha value is -2.44. The summed E-state index contributed by atoms with van der Waals surface area (Å²) in [4.78, 5) is 32.2. The maximum absolute atomic E-state index is 14.2. The number of rotatable bonds is 4. The molecular formula is C40H51NO4S. The lowest BCUT2D eigenvalue weighted by Crippen LogP contribution is -2.52. The molecule has 1 aromatic carbocycles. The number of thiophene rings is 1. The van der Waals surface area contributed by atoms with E-state index in [2.05, 4.69) is 43.0 Å². The number of amides is 1. The van der Waals surface area contributed by atoms with Gasteiger partial charge in [0.15, 0.2) is 0 Å². The fourth-order valence-corrected chi connectivity index (χ4v) is 12.5. The van der Waals surface area contributed by atoms with E-state index < -0.39 is 11.7 Å². The SMILES string of the molecule is CC1=CCC[C@@]2(C)[C@@H](CC[C@@]23CN(CC24CC5CC(CC(C5)C2)C4)C(=O)O3)c2ccc(cc2C(=O)c2ccc(C)s2)C[C@@H](O)CC1. The van der Waals surface area contributed by atoms with Crippen LogP contribution in [0.4, 0.5) is 4.79 Å². The van der Waals surface area contributed by atoms with Crippen molar-refractivity contribution in [3.63, 3.8) is 0 Å². The van der Waals surface area contributed by atoms with Crippen molar-refractivity contribution < 1.29 is 19.4 Å². The second kappa shape index (κ2) is 11.3. The van der Waals surface area contributed by atoms with Gasteiger partial charge >= 0.3 is 6.09 Å². The molecular weight excluding hydrogens is 591 g/mol. The van der Waals surface area contributed by atoms with Gasteiger partial charge < -0.3 is 14.7 Å². The number of hydrogen-bond donors (Lipinski definition) is 1. The Morgan fingerprint density at radius 3 is 2.46 bits per heavy atom. The van der Waals surface area contributed by atoms with Gasteiger partial charge in [0.1, 0.15) is 5.60 Å². The maximum atomic E-state index is 14.2. The van der Waals surface area contributed by atoms with Gasteiger partial charge in [-0.2, -0.15) is 0 Å². The number of allylic oxidation sites excluding steroid dienone is 2. The van der Waals surface area contributed by atoms with Gasteiger partial charge in [0.25, 0.3) is 0 Å². The number of aryl methyl sites for hydroxylation is 1. The third-order valence-electron chi connectivity index (χ3n) is 13.5. The molecule has 5 nitrogen and oxygen atoms in total. The van der Waals surface area contributed by atoms with Crippen LogP contribution in [0.2, 0.25) is 0 Å². The third-order valence-corrected chi connectivity index (χ3v) is 14.5. The summed E-state index contributed by atoms with van der Waals surface area (Å²) < 4.78 is 6.70. The molecule has 2 aromatic rings. The first kappa shape index (κ1) is 30.9. The van der Waals surface area contributed by atoms with Crippen LogP contribution in [0.15, 0.2) is 42.0 Å². The molecule has 0 radical (unpaired) electrons. The van der Waals surface area contributed by atoms with E-state index in [1.807, 2.05) is 19.1 Å². The van der Waals surface area contributed by atoms with Crippen molar-refractivity contribution in [1.82, 2.24) is 4.90 Å². The van der Waals surface area contributed by atoms with Crippen molar-refractivity contribution in [2.75, 3.05) is 13.1 Å². The maximum Gasteiger partial charge on any atom is 0.410 e. The number of hydrogen-bond acceptors (Lipinski definition) is 5. The van der Waals surface area contributed by atoms with Crippen molar-refractivity contribution in [3.8, 4) is 0 Å². The number of aliphatic hydroxyl groups is 1. The summed E-state index contributed by atoms with van der Waals surface area (Å²) in [6.45, 7) is 8.11. The second-order valence-electron chi connectivity index (χ2n) is 16.8. The third kappa shape index (κ3) is 5.21. The molecule has 1 amide bonds. The summed E-state index contributed by atoms with van der Waals surface area (Å²) in [7, 11) is 0. The topological polar surface area (TPSA) is 66.8 Å². The highest BCUT2D eigenvalue weighted by Crippen LogP contribution is 2.64. The molecule has 4 atom stereocenters. The average molecular weight is 642 g/mol. The van der Waals surface area contributed by atoms with Crippen molar-refractivity contribution in [2.24, 2.45) is 28.6 Å². The van der Waals surface area contributed by atoms with Crippen LogP contribution in [-0.2, 0) is 11.2 Å². The lowest BCUT2D eigenvalue weighted by atomic mass is 9.49. The molecule has 6 bridgehead atoms. The first-order valence-corrected chi connectivity index (χ1v) is 18.9. The Balaban J connectivity index is 1.16. The highest BCUT2D eigenvalue weighted by molar-refractivity contribution is 7.14. The largest absolute Gasteiger partial charge is 0.440 e. The van der Waals surface area contributed by atoms with E-state index in [9.17, 15) is 14.7 Å². The number of fused-ring (bicyclic) bond motifs is 8. The van der Waals surface area contributed by atoms with Gasteiger partial charge in [-0.15, -0.1) is 11.3 Å². The molecule has 7 aliphatic carbocycles. The molecule has 1 spiro atoms. The molecule has 8 aliphatic rings. The summed E-state index contributed by atoms with van der Waals surface area (Å²) in [5.41, 5.74) is 3.56. The summed E-state index contributed by atoms with van der Waals surface area (Å²) in [6.07, 6.45) is 15.5. The lowest BCUT2D eigenvalue weighted by Gasteiger charge is -2.57. The zero-order valence-corrected chi connectivity index (χ0v) is 28.8. The minimum atomic E-state index is -0.565. The van der Waals surface area contributed by atoms with Crippen LogP contribution in [0.3, 0.4) is 0 Å². The molecule has 5 saturated carbocycles. The highest BCUT2D eigenvalue weighted by atomic mass is 32.1. The predicted octanol–water partition coefficient (Wildman–Crippen LogP) is 9.00. The summed E-state index contributed by atoms with van der Waals surface area (Å²) in [5.74, 6) is 2.73. The van der Waals surface area contributed by atoms with Crippen LogP contribution >= 0.6 is 11.3 Å². The molecule has 1 aliphatic heterocycles.